The summed E-state index contributed by atoms with van der Waals surface area (Å²) in [6, 6.07) is 15.5. The number of aromatic amines is 1. The van der Waals surface area contributed by atoms with Gasteiger partial charge < -0.3 is 9.30 Å². The van der Waals surface area contributed by atoms with Crippen LogP contribution in [0.5, 0.6) is 0 Å². The van der Waals surface area contributed by atoms with Crippen molar-refractivity contribution in [2.75, 3.05) is 26.3 Å². The van der Waals surface area contributed by atoms with Crippen LogP contribution in [0.4, 0.5) is 4.39 Å². The molecule has 2 aromatic heterocycles. The predicted octanol–water partition coefficient (Wildman–Crippen LogP) is 2.81. The molecule has 7 nitrogen and oxygen atoms in total. The highest BCUT2D eigenvalue weighted by Crippen LogP contribution is 2.18. The van der Waals surface area contributed by atoms with Crippen molar-refractivity contribution in [3.63, 3.8) is 0 Å². The molecule has 1 N–H and O–H groups in total. The van der Waals surface area contributed by atoms with Crippen LogP contribution in [0.25, 0.3) is 16.6 Å². The number of rotatable bonds is 5. The van der Waals surface area contributed by atoms with Crippen LogP contribution in [0, 0.1) is 12.7 Å². The number of nitrogens with one attached hydrogen (secondary N) is 1. The predicted molar refractivity (Wildman–Crippen MR) is 124 cm³/mol. The second-order valence-electron chi connectivity index (χ2n) is 8.30. The van der Waals surface area contributed by atoms with Crippen LogP contribution in [-0.4, -0.2) is 45.6 Å². The Bertz CT molecular complexity index is 1430. The van der Waals surface area contributed by atoms with Crippen LogP contribution in [0.1, 0.15) is 16.8 Å². The van der Waals surface area contributed by atoms with E-state index >= 15 is 0 Å². The molecule has 170 valence electrons. The van der Waals surface area contributed by atoms with Crippen LogP contribution in [-0.2, 0) is 17.8 Å². The molecule has 5 rings (SSSR count). The maximum Gasteiger partial charge on any atom is 0.280 e. The lowest BCUT2D eigenvalue weighted by molar-refractivity contribution is 0.0340. The fraction of sp³-hybridized carbons (Fsp3) is 0.280. The molecule has 2 aromatic carbocycles. The molecule has 0 unspecified atom stereocenters. The second kappa shape index (κ2) is 8.80. The van der Waals surface area contributed by atoms with E-state index in [0.29, 0.717) is 23.1 Å². The van der Waals surface area contributed by atoms with E-state index in [1.807, 2.05) is 18.2 Å². The quantitative estimate of drug-likeness (QED) is 0.510. The molecule has 33 heavy (non-hydrogen) atoms. The molecule has 1 aliphatic rings. The number of nitrogens with zero attached hydrogens (tertiary/aromatic N) is 3. The zero-order chi connectivity index (χ0) is 22.9. The Kier molecular flexibility index (Phi) is 5.70. The Hall–Kier alpha value is -3.49. The smallest absolute Gasteiger partial charge is 0.280 e. The van der Waals surface area contributed by atoms with Crippen molar-refractivity contribution in [3.8, 4) is 5.69 Å². The molecule has 0 saturated carbocycles. The maximum atomic E-state index is 14.3. The number of pyridine rings is 1. The molecule has 1 aliphatic heterocycles. The van der Waals surface area contributed by atoms with E-state index in [9.17, 15) is 14.0 Å². The van der Waals surface area contributed by atoms with E-state index in [-0.39, 0.29) is 16.8 Å². The maximum absolute atomic E-state index is 14.3. The minimum atomic E-state index is -0.518. The van der Waals surface area contributed by atoms with Gasteiger partial charge in [0, 0.05) is 31.4 Å². The second-order valence-corrected chi connectivity index (χ2v) is 8.30. The topological polar surface area (TPSA) is 72.3 Å². The first kappa shape index (κ1) is 21.4. The Morgan fingerprint density at radius 1 is 0.970 bits per heavy atom. The standard InChI is InChI=1S/C25H25FN4O3/c1-17-24-21(27-30(25(24)32)22-9-5-4-8-20(22)26)14-23(31)29(17)16-19-7-3-2-6-18(19)15-28-10-12-33-13-11-28/h2-9,14,27H,10-13,15-16H2,1H3. The highest BCUT2D eigenvalue weighted by molar-refractivity contribution is 5.80. The number of hydrogen-bond acceptors (Lipinski definition) is 4. The first-order valence-corrected chi connectivity index (χ1v) is 11.0. The molecule has 0 spiro atoms. The summed E-state index contributed by atoms with van der Waals surface area (Å²) >= 11 is 0. The van der Waals surface area contributed by atoms with Crippen molar-refractivity contribution in [3.05, 3.63) is 97.9 Å². The van der Waals surface area contributed by atoms with Gasteiger partial charge in [0.15, 0.2) is 0 Å². The van der Waals surface area contributed by atoms with Crippen molar-refractivity contribution in [2.24, 2.45) is 0 Å². The summed E-state index contributed by atoms with van der Waals surface area (Å²) in [6.45, 7) is 6.08. The van der Waals surface area contributed by atoms with Gasteiger partial charge in [0.1, 0.15) is 11.5 Å². The fourth-order valence-electron chi connectivity index (χ4n) is 4.45. The molecule has 0 bridgehead atoms. The van der Waals surface area contributed by atoms with E-state index < -0.39 is 5.82 Å². The summed E-state index contributed by atoms with van der Waals surface area (Å²) in [5, 5.41) is 3.27. The van der Waals surface area contributed by atoms with Crippen LogP contribution < -0.4 is 11.1 Å². The molecule has 3 heterocycles. The number of H-pyrrole nitrogens is 1. The third-order valence-electron chi connectivity index (χ3n) is 6.26. The van der Waals surface area contributed by atoms with Crippen molar-refractivity contribution in [2.45, 2.75) is 20.0 Å². The summed E-state index contributed by atoms with van der Waals surface area (Å²) in [6.07, 6.45) is 0. The van der Waals surface area contributed by atoms with Gasteiger partial charge in [0.05, 0.1) is 30.7 Å². The average Bonchev–Trinajstić information content (AvgIpc) is 3.14. The van der Waals surface area contributed by atoms with Gasteiger partial charge in [-0.3, -0.25) is 19.6 Å². The number of halogens is 1. The van der Waals surface area contributed by atoms with Gasteiger partial charge in [-0.05, 0) is 30.2 Å². The van der Waals surface area contributed by atoms with E-state index in [1.165, 1.54) is 18.2 Å². The molecule has 0 radical (unpaired) electrons. The molecule has 8 heteroatoms. The van der Waals surface area contributed by atoms with Crippen LogP contribution >= 0.6 is 0 Å². The van der Waals surface area contributed by atoms with Gasteiger partial charge in [-0.2, -0.15) is 0 Å². The van der Waals surface area contributed by atoms with Crippen molar-refractivity contribution in [1.29, 1.82) is 0 Å². The van der Waals surface area contributed by atoms with Crippen LogP contribution in [0.3, 0.4) is 0 Å². The third-order valence-corrected chi connectivity index (χ3v) is 6.26. The monoisotopic (exact) mass is 448 g/mol. The zero-order valence-electron chi connectivity index (χ0n) is 18.4. The van der Waals surface area contributed by atoms with Crippen molar-refractivity contribution >= 4 is 10.9 Å². The van der Waals surface area contributed by atoms with Gasteiger partial charge in [0.25, 0.3) is 11.1 Å². The van der Waals surface area contributed by atoms with Crippen LogP contribution in [0.15, 0.2) is 64.2 Å². The molecular weight excluding hydrogens is 423 g/mol. The van der Waals surface area contributed by atoms with Crippen molar-refractivity contribution in [1.82, 2.24) is 19.2 Å². The summed E-state index contributed by atoms with van der Waals surface area (Å²) in [4.78, 5) is 28.5. The highest BCUT2D eigenvalue weighted by Gasteiger charge is 2.18. The minimum Gasteiger partial charge on any atom is -0.379 e. The van der Waals surface area contributed by atoms with E-state index in [0.717, 1.165) is 48.7 Å². The lowest BCUT2D eigenvalue weighted by atomic mass is 10.1. The lowest BCUT2D eigenvalue weighted by Gasteiger charge is -2.27. The SMILES string of the molecule is Cc1c2c(=O)n(-c3ccccc3F)[nH]c2cc(=O)n1Cc1ccccc1CN1CCOCC1. The summed E-state index contributed by atoms with van der Waals surface area (Å²) in [5.74, 6) is -0.518. The number of aromatic nitrogens is 3. The number of aryl methyl sites for hydroxylation is 1. The van der Waals surface area contributed by atoms with E-state index in [1.54, 1.807) is 23.6 Å². The van der Waals surface area contributed by atoms with Crippen molar-refractivity contribution < 1.29 is 9.13 Å². The van der Waals surface area contributed by atoms with E-state index in [2.05, 4.69) is 16.1 Å². The largest absolute Gasteiger partial charge is 0.379 e. The minimum absolute atomic E-state index is 0.118. The number of hydrogen-bond donors (Lipinski definition) is 1. The highest BCUT2D eigenvalue weighted by atomic mass is 19.1. The number of ether oxygens (including phenoxy) is 1. The Balaban J connectivity index is 1.55. The Labute approximate surface area is 189 Å². The Morgan fingerprint density at radius 3 is 2.36 bits per heavy atom. The number of benzene rings is 2. The number of morpholine rings is 1. The summed E-state index contributed by atoms with van der Waals surface area (Å²) in [5.41, 5.74) is 2.62. The Morgan fingerprint density at radius 2 is 1.64 bits per heavy atom. The zero-order valence-corrected chi connectivity index (χ0v) is 18.4. The first-order valence-electron chi connectivity index (χ1n) is 11.0. The van der Waals surface area contributed by atoms with Gasteiger partial charge in [-0.15, -0.1) is 0 Å². The van der Waals surface area contributed by atoms with E-state index in [4.69, 9.17) is 4.74 Å². The fourth-order valence-corrected chi connectivity index (χ4v) is 4.45. The molecular formula is C25H25FN4O3. The van der Waals surface area contributed by atoms with Gasteiger partial charge in [0.2, 0.25) is 0 Å². The number of para-hydroxylation sites is 1. The first-order chi connectivity index (χ1) is 16.0. The van der Waals surface area contributed by atoms with Gasteiger partial charge >= 0.3 is 0 Å². The van der Waals surface area contributed by atoms with Gasteiger partial charge in [-0.25, -0.2) is 9.07 Å². The molecule has 0 amide bonds. The summed E-state index contributed by atoms with van der Waals surface area (Å²) in [7, 11) is 0. The summed E-state index contributed by atoms with van der Waals surface area (Å²) < 4.78 is 22.5. The molecule has 0 atom stereocenters. The third kappa shape index (κ3) is 4.03. The van der Waals surface area contributed by atoms with Crippen LogP contribution in [0.2, 0.25) is 0 Å². The molecule has 1 fully saturated rings. The normalized spacial score (nSPS) is 14.7. The molecule has 1 saturated heterocycles. The average molecular weight is 448 g/mol. The molecule has 0 aliphatic carbocycles. The number of fused-ring (bicyclic) bond motifs is 1. The molecule has 4 aromatic rings. The van der Waals surface area contributed by atoms with Gasteiger partial charge in [-0.1, -0.05) is 36.4 Å². The lowest BCUT2D eigenvalue weighted by Crippen LogP contribution is -2.36.